The van der Waals surface area contributed by atoms with E-state index in [4.69, 9.17) is 5.26 Å². The number of aliphatic hydroxyl groups excluding tert-OH is 1. The summed E-state index contributed by atoms with van der Waals surface area (Å²) in [5.41, 5.74) is 0.979. The van der Waals surface area contributed by atoms with Crippen LogP contribution in [0.5, 0.6) is 0 Å². The quantitative estimate of drug-likeness (QED) is 0.886. The molecule has 0 saturated carbocycles. The maximum absolute atomic E-state index is 10.2. The first-order chi connectivity index (χ1) is 9.70. The van der Waals surface area contributed by atoms with Gasteiger partial charge in [0, 0.05) is 38.8 Å². The molecule has 2 unspecified atom stereocenters. The van der Waals surface area contributed by atoms with Crippen LogP contribution in [0.15, 0.2) is 30.3 Å². The summed E-state index contributed by atoms with van der Waals surface area (Å²) in [6.45, 7) is 6.66. The van der Waals surface area contributed by atoms with Crippen molar-refractivity contribution in [2.45, 2.75) is 25.5 Å². The van der Waals surface area contributed by atoms with Gasteiger partial charge in [-0.15, -0.1) is 0 Å². The summed E-state index contributed by atoms with van der Waals surface area (Å²) in [6, 6.07) is 12.4. The van der Waals surface area contributed by atoms with E-state index in [-0.39, 0.29) is 0 Å². The first-order valence-corrected chi connectivity index (χ1v) is 7.27. The lowest BCUT2D eigenvalue weighted by molar-refractivity contribution is 0.0598. The highest BCUT2D eigenvalue weighted by Crippen LogP contribution is 2.16. The van der Waals surface area contributed by atoms with E-state index < -0.39 is 6.10 Å². The maximum Gasteiger partial charge on any atom is 0.0916 e. The van der Waals surface area contributed by atoms with Crippen LogP contribution in [0.3, 0.4) is 0 Å². The molecule has 1 aromatic rings. The number of nitriles is 1. The molecule has 2 atom stereocenters. The van der Waals surface area contributed by atoms with Crippen molar-refractivity contribution in [2.24, 2.45) is 0 Å². The molecule has 0 amide bonds. The van der Waals surface area contributed by atoms with E-state index in [1.165, 1.54) is 0 Å². The number of aliphatic hydroxyl groups is 1. The molecule has 2 rings (SSSR count). The van der Waals surface area contributed by atoms with Gasteiger partial charge in [-0.25, -0.2) is 0 Å². The van der Waals surface area contributed by atoms with E-state index >= 15 is 0 Å². The standard InChI is InChI=1S/C16H23N3O/c1-14(7-8-17)19-11-9-18(10-12-19)13-16(20)15-5-3-2-4-6-15/h2-6,14,16,20H,7,9-13H2,1H3. The number of rotatable bonds is 5. The van der Waals surface area contributed by atoms with Crippen LogP contribution in [-0.4, -0.2) is 53.7 Å². The number of hydrogen-bond acceptors (Lipinski definition) is 4. The second kappa shape index (κ2) is 7.39. The van der Waals surface area contributed by atoms with Crippen molar-refractivity contribution in [3.8, 4) is 6.07 Å². The predicted molar refractivity (Wildman–Crippen MR) is 79.1 cm³/mol. The smallest absolute Gasteiger partial charge is 0.0916 e. The van der Waals surface area contributed by atoms with Crippen LogP contribution in [0.2, 0.25) is 0 Å². The lowest BCUT2D eigenvalue weighted by Crippen LogP contribution is -2.50. The summed E-state index contributed by atoms with van der Waals surface area (Å²) < 4.78 is 0. The highest BCUT2D eigenvalue weighted by molar-refractivity contribution is 5.17. The minimum absolute atomic E-state index is 0.334. The summed E-state index contributed by atoms with van der Waals surface area (Å²) in [5, 5.41) is 19.0. The minimum atomic E-state index is -0.417. The number of benzene rings is 1. The zero-order chi connectivity index (χ0) is 14.4. The zero-order valence-electron chi connectivity index (χ0n) is 12.1. The Bertz CT molecular complexity index is 435. The minimum Gasteiger partial charge on any atom is -0.387 e. The summed E-state index contributed by atoms with van der Waals surface area (Å²) in [7, 11) is 0. The predicted octanol–water partition coefficient (Wildman–Crippen LogP) is 1.64. The van der Waals surface area contributed by atoms with Gasteiger partial charge in [0.2, 0.25) is 0 Å². The molecule has 0 spiro atoms. The Balaban J connectivity index is 1.79. The monoisotopic (exact) mass is 273 g/mol. The molecule has 1 aromatic carbocycles. The molecule has 0 radical (unpaired) electrons. The average Bonchev–Trinajstić information content (AvgIpc) is 2.49. The van der Waals surface area contributed by atoms with Gasteiger partial charge in [-0.3, -0.25) is 9.80 Å². The van der Waals surface area contributed by atoms with Crippen molar-refractivity contribution in [1.29, 1.82) is 5.26 Å². The van der Waals surface area contributed by atoms with Gasteiger partial charge in [-0.2, -0.15) is 5.26 Å². The Labute approximate surface area is 121 Å². The van der Waals surface area contributed by atoms with Gasteiger partial charge >= 0.3 is 0 Å². The van der Waals surface area contributed by atoms with Crippen LogP contribution in [0.1, 0.15) is 25.0 Å². The maximum atomic E-state index is 10.2. The van der Waals surface area contributed by atoms with Crippen molar-refractivity contribution in [3.63, 3.8) is 0 Å². The van der Waals surface area contributed by atoms with Crippen molar-refractivity contribution in [3.05, 3.63) is 35.9 Å². The molecule has 1 aliphatic rings. The number of β-amino-alcohol motifs (C(OH)–C–C–N with tert-alkyl or cyclic N) is 1. The van der Waals surface area contributed by atoms with Crippen LogP contribution < -0.4 is 0 Å². The summed E-state index contributed by atoms with van der Waals surface area (Å²) in [4.78, 5) is 4.65. The summed E-state index contributed by atoms with van der Waals surface area (Å²) >= 11 is 0. The summed E-state index contributed by atoms with van der Waals surface area (Å²) in [5.74, 6) is 0. The molecule has 4 nitrogen and oxygen atoms in total. The first kappa shape index (κ1) is 15.0. The van der Waals surface area contributed by atoms with Gasteiger partial charge < -0.3 is 5.11 Å². The van der Waals surface area contributed by atoms with Crippen molar-refractivity contribution in [2.75, 3.05) is 32.7 Å². The van der Waals surface area contributed by atoms with Crippen molar-refractivity contribution >= 4 is 0 Å². The Morgan fingerprint density at radius 1 is 1.20 bits per heavy atom. The third-order valence-corrected chi connectivity index (χ3v) is 4.03. The normalized spacial score (nSPS) is 20.2. The van der Waals surface area contributed by atoms with E-state index in [0.29, 0.717) is 19.0 Å². The molecule has 1 saturated heterocycles. The lowest BCUT2D eigenvalue weighted by Gasteiger charge is -2.38. The molecular weight excluding hydrogens is 250 g/mol. The van der Waals surface area contributed by atoms with Gasteiger partial charge in [-0.1, -0.05) is 30.3 Å². The molecule has 108 valence electrons. The second-order valence-corrected chi connectivity index (χ2v) is 5.47. The lowest BCUT2D eigenvalue weighted by atomic mass is 10.1. The molecule has 20 heavy (non-hydrogen) atoms. The van der Waals surface area contributed by atoms with E-state index in [1.54, 1.807) is 0 Å². The van der Waals surface area contributed by atoms with Crippen LogP contribution in [0.25, 0.3) is 0 Å². The third kappa shape index (κ3) is 4.04. The van der Waals surface area contributed by atoms with Crippen LogP contribution in [0.4, 0.5) is 0 Å². The Morgan fingerprint density at radius 2 is 1.85 bits per heavy atom. The van der Waals surface area contributed by atoms with Crippen LogP contribution in [0, 0.1) is 11.3 Å². The van der Waals surface area contributed by atoms with E-state index in [1.807, 2.05) is 30.3 Å². The molecule has 0 aromatic heterocycles. The first-order valence-electron chi connectivity index (χ1n) is 7.27. The van der Waals surface area contributed by atoms with Crippen LogP contribution >= 0.6 is 0 Å². The third-order valence-electron chi connectivity index (χ3n) is 4.03. The van der Waals surface area contributed by atoms with Crippen molar-refractivity contribution in [1.82, 2.24) is 9.80 Å². The van der Waals surface area contributed by atoms with Gasteiger partial charge in [0.25, 0.3) is 0 Å². The number of hydrogen-bond donors (Lipinski definition) is 1. The Hall–Kier alpha value is -1.41. The zero-order valence-corrected chi connectivity index (χ0v) is 12.1. The fraction of sp³-hybridized carbons (Fsp3) is 0.562. The fourth-order valence-corrected chi connectivity index (χ4v) is 2.67. The van der Waals surface area contributed by atoms with Crippen LogP contribution in [-0.2, 0) is 0 Å². The van der Waals surface area contributed by atoms with E-state index in [9.17, 15) is 5.11 Å². The molecular formula is C16H23N3O. The van der Waals surface area contributed by atoms with Crippen molar-refractivity contribution < 1.29 is 5.11 Å². The molecule has 1 fully saturated rings. The molecule has 4 heteroatoms. The SMILES string of the molecule is CC(CC#N)N1CCN(CC(O)c2ccccc2)CC1. The molecule has 1 heterocycles. The highest BCUT2D eigenvalue weighted by Gasteiger charge is 2.22. The molecule has 1 N–H and O–H groups in total. The summed E-state index contributed by atoms with van der Waals surface area (Å²) in [6.07, 6.45) is 0.173. The topological polar surface area (TPSA) is 50.5 Å². The van der Waals surface area contributed by atoms with Gasteiger partial charge in [-0.05, 0) is 12.5 Å². The fourth-order valence-electron chi connectivity index (χ4n) is 2.67. The number of piperazine rings is 1. The highest BCUT2D eigenvalue weighted by atomic mass is 16.3. The van der Waals surface area contributed by atoms with Gasteiger partial charge in [0.05, 0.1) is 18.6 Å². The van der Waals surface area contributed by atoms with Gasteiger partial charge in [0.15, 0.2) is 0 Å². The van der Waals surface area contributed by atoms with Gasteiger partial charge in [0.1, 0.15) is 0 Å². The molecule has 1 aliphatic heterocycles. The largest absolute Gasteiger partial charge is 0.387 e. The Kier molecular flexibility index (Phi) is 5.54. The second-order valence-electron chi connectivity index (χ2n) is 5.47. The average molecular weight is 273 g/mol. The van der Waals surface area contributed by atoms with E-state index in [0.717, 1.165) is 31.7 Å². The van der Waals surface area contributed by atoms with E-state index in [2.05, 4.69) is 22.8 Å². The number of nitrogens with zero attached hydrogens (tertiary/aromatic N) is 3. The Morgan fingerprint density at radius 3 is 2.45 bits per heavy atom. The molecule has 0 bridgehead atoms. The molecule has 0 aliphatic carbocycles.